The molecule has 0 unspecified atom stereocenters. The van der Waals surface area contributed by atoms with Crippen LogP contribution in [-0.4, -0.2) is 10.5 Å². The summed E-state index contributed by atoms with van der Waals surface area (Å²) in [6.45, 7) is 6.64. The molecule has 0 saturated carbocycles. The van der Waals surface area contributed by atoms with Crippen LogP contribution in [0.2, 0.25) is 5.02 Å². The molecular weight excluding hydrogens is 267 g/mol. The van der Waals surface area contributed by atoms with Gasteiger partial charge in [-0.15, -0.1) is 0 Å². The molecule has 0 aliphatic carbocycles. The molecule has 0 radical (unpaired) electrons. The number of rotatable bonds is 3. The molecule has 0 aliphatic rings. The monoisotopic (exact) mass is 282 g/mol. The third-order valence-corrected chi connectivity index (χ3v) is 2.83. The molecule has 0 amide bonds. The number of halogens is 2. The van der Waals surface area contributed by atoms with Gasteiger partial charge in [-0.2, -0.15) is 0 Å². The van der Waals surface area contributed by atoms with Gasteiger partial charge in [0.2, 0.25) is 5.89 Å². The predicted octanol–water partition coefficient (Wildman–Crippen LogP) is 4.02. The predicted molar refractivity (Wildman–Crippen MR) is 73.5 cm³/mol. The van der Waals surface area contributed by atoms with E-state index in [0.717, 1.165) is 0 Å². The first-order valence-corrected chi connectivity index (χ1v) is 6.39. The molecule has 0 aliphatic heterocycles. The topological polar surface area (TPSA) is 38.1 Å². The van der Waals surface area contributed by atoms with Gasteiger partial charge in [-0.3, -0.25) is 0 Å². The highest BCUT2D eigenvalue weighted by Crippen LogP contribution is 2.28. The van der Waals surface area contributed by atoms with Crippen LogP contribution in [0.25, 0.3) is 11.3 Å². The van der Waals surface area contributed by atoms with Crippen molar-refractivity contribution in [1.29, 1.82) is 0 Å². The summed E-state index contributed by atoms with van der Waals surface area (Å²) in [7, 11) is 0. The van der Waals surface area contributed by atoms with Crippen molar-refractivity contribution in [3.8, 4) is 11.3 Å². The van der Waals surface area contributed by atoms with Crippen molar-refractivity contribution in [2.75, 3.05) is 0 Å². The molecule has 3 nitrogen and oxygen atoms in total. The van der Waals surface area contributed by atoms with E-state index in [1.54, 1.807) is 12.1 Å². The summed E-state index contributed by atoms with van der Waals surface area (Å²) in [6.07, 6.45) is 1.51. The third kappa shape index (κ3) is 3.55. The van der Waals surface area contributed by atoms with Gasteiger partial charge in [0.15, 0.2) is 11.6 Å². The normalized spacial score (nSPS) is 11.8. The quantitative estimate of drug-likeness (QED) is 0.924. The zero-order valence-corrected chi connectivity index (χ0v) is 11.9. The number of nitrogens with one attached hydrogen (secondary N) is 1. The highest BCUT2D eigenvalue weighted by atomic mass is 35.5. The van der Waals surface area contributed by atoms with E-state index in [4.69, 9.17) is 16.0 Å². The van der Waals surface area contributed by atoms with Crippen LogP contribution < -0.4 is 5.32 Å². The van der Waals surface area contributed by atoms with Gasteiger partial charge < -0.3 is 9.73 Å². The molecule has 1 N–H and O–H groups in total. The lowest BCUT2D eigenvalue weighted by atomic mass is 10.1. The molecule has 102 valence electrons. The number of nitrogens with zero attached hydrogens (tertiary/aromatic N) is 1. The first-order valence-electron chi connectivity index (χ1n) is 6.01. The third-order valence-electron chi connectivity index (χ3n) is 2.54. The standard InChI is InChI=1S/C14H16ClFN2O/c1-14(2,3)18-8-12-17-7-11(19-12)9-5-4-6-10(15)13(9)16/h4-7,18H,8H2,1-3H3. The molecule has 0 saturated heterocycles. The average Bonchev–Trinajstić information content (AvgIpc) is 2.78. The number of hydrogen-bond donors (Lipinski definition) is 1. The molecule has 0 atom stereocenters. The lowest BCUT2D eigenvalue weighted by Gasteiger charge is -2.18. The van der Waals surface area contributed by atoms with Crippen molar-refractivity contribution in [2.24, 2.45) is 0 Å². The van der Waals surface area contributed by atoms with Gasteiger partial charge in [-0.1, -0.05) is 17.7 Å². The second-order valence-corrected chi connectivity index (χ2v) is 5.73. The molecule has 19 heavy (non-hydrogen) atoms. The van der Waals surface area contributed by atoms with Gasteiger partial charge in [0.1, 0.15) is 0 Å². The zero-order chi connectivity index (χ0) is 14.0. The van der Waals surface area contributed by atoms with Crippen LogP contribution >= 0.6 is 11.6 Å². The molecular formula is C14H16ClFN2O. The van der Waals surface area contributed by atoms with E-state index < -0.39 is 5.82 Å². The Morgan fingerprint density at radius 2 is 2.11 bits per heavy atom. The van der Waals surface area contributed by atoms with Crippen molar-refractivity contribution in [3.63, 3.8) is 0 Å². The van der Waals surface area contributed by atoms with Crippen molar-refractivity contribution in [3.05, 3.63) is 41.1 Å². The SMILES string of the molecule is CC(C)(C)NCc1ncc(-c2cccc(Cl)c2F)o1. The molecule has 2 aromatic rings. The molecule has 0 spiro atoms. The van der Waals surface area contributed by atoms with Crippen LogP contribution in [0.4, 0.5) is 4.39 Å². The van der Waals surface area contributed by atoms with E-state index >= 15 is 0 Å². The highest BCUT2D eigenvalue weighted by Gasteiger charge is 2.15. The highest BCUT2D eigenvalue weighted by molar-refractivity contribution is 6.31. The summed E-state index contributed by atoms with van der Waals surface area (Å²) in [5.74, 6) is 0.408. The Bertz CT molecular complexity index is 575. The number of benzene rings is 1. The lowest BCUT2D eigenvalue weighted by Crippen LogP contribution is -2.35. The fourth-order valence-electron chi connectivity index (χ4n) is 1.55. The van der Waals surface area contributed by atoms with Gasteiger partial charge >= 0.3 is 0 Å². The maximum Gasteiger partial charge on any atom is 0.208 e. The molecule has 2 rings (SSSR count). The molecule has 0 fully saturated rings. The zero-order valence-electron chi connectivity index (χ0n) is 11.1. The number of oxazole rings is 1. The van der Waals surface area contributed by atoms with Crippen molar-refractivity contribution in [1.82, 2.24) is 10.3 Å². The van der Waals surface area contributed by atoms with Gasteiger partial charge in [-0.25, -0.2) is 9.37 Å². The summed E-state index contributed by atoms with van der Waals surface area (Å²) in [5, 5.41) is 3.33. The summed E-state index contributed by atoms with van der Waals surface area (Å²) in [4.78, 5) is 4.13. The van der Waals surface area contributed by atoms with Crippen LogP contribution in [0.1, 0.15) is 26.7 Å². The Hall–Kier alpha value is -1.39. The van der Waals surface area contributed by atoms with E-state index in [-0.39, 0.29) is 10.6 Å². The Morgan fingerprint density at radius 3 is 2.79 bits per heavy atom. The molecule has 0 bridgehead atoms. The molecule has 1 heterocycles. The van der Waals surface area contributed by atoms with Gasteiger partial charge in [-0.05, 0) is 32.9 Å². The average molecular weight is 283 g/mol. The van der Waals surface area contributed by atoms with Crippen LogP contribution in [0.3, 0.4) is 0 Å². The van der Waals surface area contributed by atoms with Gasteiger partial charge in [0.25, 0.3) is 0 Å². The van der Waals surface area contributed by atoms with Crippen molar-refractivity contribution in [2.45, 2.75) is 32.9 Å². The van der Waals surface area contributed by atoms with Gasteiger partial charge in [0.05, 0.1) is 23.3 Å². The number of aromatic nitrogens is 1. The minimum Gasteiger partial charge on any atom is -0.439 e. The van der Waals surface area contributed by atoms with E-state index in [9.17, 15) is 4.39 Å². The molecule has 5 heteroatoms. The van der Waals surface area contributed by atoms with Gasteiger partial charge in [0, 0.05) is 5.54 Å². The van der Waals surface area contributed by atoms with Crippen LogP contribution in [0.5, 0.6) is 0 Å². The first-order chi connectivity index (χ1) is 8.87. The fraction of sp³-hybridized carbons (Fsp3) is 0.357. The summed E-state index contributed by atoms with van der Waals surface area (Å²) < 4.78 is 19.4. The summed E-state index contributed by atoms with van der Waals surface area (Å²) in [5.41, 5.74) is 0.289. The van der Waals surface area contributed by atoms with Crippen molar-refractivity contribution < 1.29 is 8.81 Å². The Kier molecular flexibility index (Phi) is 3.92. The van der Waals surface area contributed by atoms with E-state index in [1.807, 2.05) is 20.8 Å². The van der Waals surface area contributed by atoms with E-state index in [0.29, 0.717) is 23.8 Å². The van der Waals surface area contributed by atoms with Crippen LogP contribution in [0.15, 0.2) is 28.8 Å². The minimum atomic E-state index is -0.490. The van der Waals surface area contributed by atoms with E-state index in [2.05, 4.69) is 10.3 Å². The Morgan fingerprint density at radius 1 is 1.37 bits per heavy atom. The summed E-state index contributed by atoms with van der Waals surface area (Å²) >= 11 is 5.74. The maximum absolute atomic E-state index is 13.8. The first kappa shape index (κ1) is 14.0. The van der Waals surface area contributed by atoms with Crippen LogP contribution in [-0.2, 0) is 6.54 Å². The van der Waals surface area contributed by atoms with Crippen molar-refractivity contribution >= 4 is 11.6 Å². The second-order valence-electron chi connectivity index (χ2n) is 5.32. The Balaban J connectivity index is 2.19. The fourth-order valence-corrected chi connectivity index (χ4v) is 1.73. The lowest BCUT2D eigenvalue weighted by molar-refractivity contribution is 0.383. The van der Waals surface area contributed by atoms with E-state index in [1.165, 1.54) is 12.3 Å². The smallest absolute Gasteiger partial charge is 0.208 e. The van der Waals surface area contributed by atoms with Crippen LogP contribution in [0, 0.1) is 5.82 Å². The summed E-state index contributed by atoms with van der Waals surface area (Å²) in [6, 6.07) is 4.79. The number of hydrogen-bond acceptors (Lipinski definition) is 3. The molecule has 1 aromatic carbocycles. The second kappa shape index (κ2) is 5.31. The maximum atomic E-state index is 13.8. The Labute approximate surface area is 116 Å². The minimum absolute atomic E-state index is 0.0318. The molecule has 1 aromatic heterocycles. The largest absolute Gasteiger partial charge is 0.439 e.